The lowest BCUT2D eigenvalue weighted by molar-refractivity contribution is -0.122. The average Bonchev–Trinajstić information content (AvgIpc) is 3.13. The second-order valence-electron chi connectivity index (χ2n) is 9.64. The lowest BCUT2D eigenvalue weighted by Crippen LogP contribution is -2.41. The standard InChI is InChI=1S/C28H25N2O4/c1-3-15(2)16-11-12-21-22(13-16)24-20-10-5-4-9-19(20)23(21)25-26(24)28(32)29(27(25)31)17-7-6-8-18(14-17)30(33)34/h4-15,23-26,33H,3H2,1-2H3/q-1/t15-,23-,24-,25-,26+/m0/s1. The molecule has 4 aliphatic rings. The number of anilines is 2. The van der Waals surface area contributed by atoms with Gasteiger partial charge in [0.25, 0.3) is 0 Å². The second-order valence-corrected chi connectivity index (χ2v) is 9.64. The monoisotopic (exact) mass is 453 g/mol. The van der Waals surface area contributed by atoms with E-state index in [1.807, 2.05) is 12.1 Å². The van der Waals surface area contributed by atoms with Crippen molar-refractivity contribution in [2.45, 2.75) is 38.0 Å². The quantitative estimate of drug-likeness (QED) is 0.429. The molecule has 3 aliphatic carbocycles. The molecule has 1 saturated heterocycles. The summed E-state index contributed by atoms with van der Waals surface area (Å²) in [6, 6.07) is 20.7. The fraction of sp³-hybridized carbons (Fsp3) is 0.286. The Hall–Kier alpha value is -3.48. The molecule has 1 heterocycles. The van der Waals surface area contributed by atoms with Gasteiger partial charge in [-0.05, 0) is 58.4 Å². The van der Waals surface area contributed by atoms with E-state index in [2.05, 4.69) is 44.2 Å². The van der Waals surface area contributed by atoms with E-state index in [-0.39, 0.29) is 34.6 Å². The van der Waals surface area contributed by atoms with Crippen LogP contribution >= 0.6 is 0 Å². The van der Waals surface area contributed by atoms with Gasteiger partial charge >= 0.3 is 0 Å². The number of nitrogens with zero attached hydrogens (tertiary/aromatic N) is 2. The minimum Gasteiger partial charge on any atom is -0.733 e. The molecule has 0 unspecified atom stereocenters. The molecule has 34 heavy (non-hydrogen) atoms. The summed E-state index contributed by atoms with van der Waals surface area (Å²) in [6.07, 6.45) is 1.03. The van der Waals surface area contributed by atoms with Crippen molar-refractivity contribution >= 4 is 23.2 Å². The first-order valence-corrected chi connectivity index (χ1v) is 11.8. The van der Waals surface area contributed by atoms with Crippen LogP contribution in [0.25, 0.3) is 0 Å². The smallest absolute Gasteiger partial charge is 0.238 e. The molecule has 6 nitrogen and oxygen atoms in total. The van der Waals surface area contributed by atoms with Crippen LogP contribution in [0.5, 0.6) is 0 Å². The summed E-state index contributed by atoms with van der Waals surface area (Å²) in [5.41, 5.74) is 6.07. The van der Waals surface area contributed by atoms with Crippen molar-refractivity contribution in [3.63, 3.8) is 0 Å². The normalized spacial score (nSPS) is 25.1. The zero-order valence-corrected chi connectivity index (χ0v) is 19.0. The van der Waals surface area contributed by atoms with Crippen molar-refractivity contribution in [1.29, 1.82) is 0 Å². The molecule has 1 fully saturated rings. The van der Waals surface area contributed by atoms with Gasteiger partial charge in [0.2, 0.25) is 11.8 Å². The van der Waals surface area contributed by atoms with Crippen LogP contribution in [0.2, 0.25) is 0 Å². The number of imide groups is 1. The lowest BCUT2D eigenvalue weighted by atomic mass is 9.54. The molecule has 2 amide bonds. The topological polar surface area (TPSA) is 83.9 Å². The molecule has 5 atom stereocenters. The maximum Gasteiger partial charge on any atom is 0.238 e. The van der Waals surface area contributed by atoms with Gasteiger partial charge in [-0.3, -0.25) is 14.8 Å². The van der Waals surface area contributed by atoms with E-state index in [0.717, 1.165) is 28.7 Å². The summed E-state index contributed by atoms with van der Waals surface area (Å²) in [5.74, 6) is -1.45. The number of amides is 2. The van der Waals surface area contributed by atoms with E-state index >= 15 is 0 Å². The summed E-state index contributed by atoms with van der Waals surface area (Å²) in [4.78, 5) is 28.9. The van der Waals surface area contributed by atoms with Crippen LogP contribution in [-0.2, 0) is 9.59 Å². The van der Waals surface area contributed by atoms with Crippen molar-refractivity contribution in [2.75, 3.05) is 10.1 Å². The Morgan fingerprint density at radius 2 is 1.50 bits per heavy atom. The van der Waals surface area contributed by atoms with Crippen LogP contribution in [-0.4, -0.2) is 17.0 Å². The van der Waals surface area contributed by atoms with Gasteiger partial charge < -0.3 is 10.4 Å². The second kappa shape index (κ2) is 7.52. The molecule has 1 aliphatic heterocycles. The van der Waals surface area contributed by atoms with Crippen LogP contribution in [0.3, 0.4) is 0 Å². The third-order valence-corrected chi connectivity index (χ3v) is 8.05. The molecule has 6 heteroatoms. The molecule has 3 aromatic carbocycles. The fourth-order valence-corrected chi connectivity index (χ4v) is 6.29. The largest absolute Gasteiger partial charge is 0.733 e. The first-order chi connectivity index (χ1) is 16.4. The van der Waals surface area contributed by atoms with E-state index in [1.54, 1.807) is 12.1 Å². The number of benzene rings is 3. The number of carbonyl (C=O) groups excluding carboxylic acids is 2. The molecule has 172 valence electrons. The van der Waals surface area contributed by atoms with Crippen LogP contribution in [0.15, 0.2) is 66.7 Å². The maximum absolute atomic E-state index is 13.9. The van der Waals surface area contributed by atoms with Crippen LogP contribution in [0.4, 0.5) is 11.4 Å². The maximum atomic E-state index is 13.9. The van der Waals surface area contributed by atoms with Gasteiger partial charge in [-0.15, -0.1) is 0 Å². The number of hydrogen-bond acceptors (Lipinski definition) is 5. The van der Waals surface area contributed by atoms with E-state index in [9.17, 15) is 20.0 Å². The van der Waals surface area contributed by atoms with E-state index < -0.39 is 11.8 Å². The lowest BCUT2D eigenvalue weighted by Gasteiger charge is -2.46. The highest BCUT2D eigenvalue weighted by Crippen LogP contribution is 2.61. The highest BCUT2D eigenvalue weighted by Gasteiger charge is 2.61. The molecular weight excluding hydrogens is 428 g/mol. The first kappa shape index (κ1) is 21.1. The van der Waals surface area contributed by atoms with Gasteiger partial charge in [-0.1, -0.05) is 62.4 Å². The zero-order chi connectivity index (χ0) is 23.7. The van der Waals surface area contributed by atoms with E-state index in [4.69, 9.17) is 0 Å². The van der Waals surface area contributed by atoms with Crippen molar-refractivity contribution in [2.24, 2.45) is 11.8 Å². The highest BCUT2D eigenvalue weighted by molar-refractivity contribution is 6.23. The van der Waals surface area contributed by atoms with Gasteiger partial charge in [-0.25, -0.2) is 4.90 Å². The van der Waals surface area contributed by atoms with Gasteiger partial charge in [0.1, 0.15) is 0 Å². The van der Waals surface area contributed by atoms with Crippen molar-refractivity contribution in [3.05, 3.63) is 99.8 Å². The minimum atomic E-state index is -0.492. The summed E-state index contributed by atoms with van der Waals surface area (Å²) in [6.45, 7) is 4.38. The number of rotatable bonds is 4. The average molecular weight is 454 g/mol. The summed E-state index contributed by atoms with van der Waals surface area (Å²) in [7, 11) is 0. The molecule has 7 rings (SSSR count). The Bertz CT molecular complexity index is 1330. The van der Waals surface area contributed by atoms with Crippen molar-refractivity contribution in [1.82, 2.24) is 0 Å². The molecule has 1 N–H and O–H groups in total. The van der Waals surface area contributed by atoms with E-state index in [0.29, 0.717) is 11.6 Å². The molecule has 2 bridgehead atoms. The fourth-order valence-electron chi connectivity index (χ4n) is 6.29. The Kier molecular flexibility index (Phi) is 4.66. The highest BCUT2D eigenvalue weighted by atomic mass is 16.8. The summed E-state index contributed by atoms with van der Waals surface area (Å²) >= 11 is 0. The Morgan fingerprint density at radius 3 is 2.12 bits per heavy atom. The van der Waals surface area contributed by atoms with Crippen molar-refractivity contribution < 1.29 is 14.8 Å². The molecule has 0 aromatic heterocycles. The third-order valence-electron chi connectivity index (χ3n) is 8.05. The SMILES string of the molecule is CC[C@H](C)c1ccc2c(c1)[C@@H]1c3ccccc3[C@@H]2[C@@H]2C(=O)N(c3cccc(N([O-])O)c3)C(=O)[C@H]12. The predicted octanol–water partition coefficient (Wildman–Crippen LogP) is 5.29. The number of carbonyl (C=O) groups is 2. The number of hydrogen-bond donors (Lipinski definition) is 1. The van der Waals surface area contributed by atoms with Crippen LogP contribution < -0.4 is 10.1 Å². The molecule has 0 radical (unpaired) electrons. The zero-order valence-electron chi connectivity index (χ0n) is 19.0. The van der Waals surface area contributed by atoms with Crippen LogP contribution in [0.1, 0.15) is 65.8 Å². The molecule has 0 saturated carbocycles. The predicted molar refractivity (Wildman–Crippen MR) is 129 cm³/mol. The van der Waals surface area contributed by atoms with Crippen molar-refractivity contribution in [3.8, 4) is 0 Å². The Morgan fingerprint density at radius 1 is 0.882 bits per heavy atom. The third kappa shape index (κ3) is 2.76. The summed E-state index contributed by atoms with van der Waals surface area (Å²) < 4.78 is 0. The Balaban J connectivity index is 1.52. The van der Waals surface area contributed by atoms with Gasteiger partial charge in [0.15, 0.2) is 0 Å². The van der Waals surface area contributed by atoms with Gasteiger partial charge in [0.05, 0.1) is 23.2 Å². The molecular formula is C28H25N2O4-. The minimum absolute atomic E-state index is 0.0271. The Labute approximate surface area is 198 Å². The molecule has 3 aromatic rings. The first-order valence-electron chi connectivity index (χ1n) is 11.8. The van der Waals surface area contributed by atoms with Crippen LogP contribution in [0, 0.1) is 17.0 Å². The van der Waals surface area contributed by atoms with E-state index in [1.165, 1.54) is 22.6 Å². The van der Waals surface area contributed by atoms with Gasteiger partial charge in [0, 0.05) is 11.8 Å². The van der Waals surface area contributed by atoms with Gasteiger partial charge in [-0.2, -0.15) is 0 Å². The summed E-state index contributed by atoms with van der Waals surface area (Å²) in [5, 5.41) is 20.5. The molecule has 0 spiro atoms.